The van der Waals surface area contributed by atoms with Gasteiger partial charge in [-0.15, -0.1) is 0 Å². The third-order valence-corrected chi connectivity index (χ3v) is 5.22. The maximum absolute atomic E-state index is 13.0. The zero-order valence-corrected chi connectivity index (χ0v) is 18.0. The molecule has 0 atom stereocenters. The molecular formula is C26H17F3N4O2. The summed E-state index contributed by atoms with van der Waals surface area (Å²) < 4.78 is 45.1. The molecule has 0 fully saturated rings. The first-order valence-electron chi connectivity index (χ1n) is 10.5. The van der Waals surface area contributed by atoms with E-state index in [4.69, 9.17) is 4.74 Å². The average Bonchev–Trinajstić information content (AvgIpc) is 3.34. The summed E-state index contributed by atoms with van der Waals surface area (Å²) in [5, 5.41) is 3.38. The summed E-state index contributed by atoms with van der Waals surface area (Å²) in [4.78, 5) is 24.4. The topological polar surface area (TPSA) is 79.9 Å². The molecule has 0 aliphatic heterocycles. The zero-order chi connectivity index (χ0) is 24.4. The summed E-state index contributed by atoms with van der Waals surface area (Å²) in [6.07, 6.45) is 0.591. The van der Waals surface area contributed by atoms with E-state index >= 15 is 0 Å². The molecule has 6 nitrogen and oxygen atoms in total. The minimum absolute atomic E-state index is 0.101. The van der Waals surface area contributed by atoms with Crippen LogP contribution < -0.4 is 10.1 Å². The number of nitrogens with zero attached hydrogens (tertiary/aromatic N) is 2. The largest absolute Gasteiger partial charge is 0.456 e. The van der Waals surface area contributed by atoms with Crippen molar-refractivity contribution in [3.8, 4) is 22.8 Å². The Morgan fingerprint density at radius 1 is 0.971 bits per heavy atom. The average molecular weight is 474 g/mol. The van der Waals surface area contributed by atoms with Crippen LogP contribution in [0.1, 0.15) is 15.9 Å². The number of carbonyl (C=O) groups is 1. The Balaban J connectivity index is 1.40. The molecule has 3 heterocycles. The summed E-state index contributed by atoms with van der Waals surface area (Å²) in [7, 11) is 0. The molecule has 0 aliphatic rings. The maximum Gasteiger partial charge on any atom is 0.416 e. The molecule has 174 valence electrons. The predicted octanol–water partition coefficient (Wildman–Crippen LogP) is 6.69. The maximum atomic E-state index is 13.0. The number of fused-ring (bicyclic) bond motifs is 1. The van der Waals surface area contributed by atoms with Crippen LogP contribution >= 0.6 is 0 Å². The molecule has 5 aromatic rings. The van der Waals surface area contributed by atoms with Gasteiger partial charge in [-0.3, -0.25) is 9.78 Å². The molecule has 0 saturated carbocycles. The second-order valence-corrected chi connectivity index (χ2v) is 7.65. The molecule has 2 aromatic carbocycles. The number of pyridine rings is 2. The first-order valence-corrected chi connectivity index (χ1v) is 10.5. The summed E-state index contributed by atoms with van der Waals surface area (Å²) >= 11 is 0. The number of benzene rings is 2. The van der Waals surface area contributed by atoms with Gasteiger partial charge in [0.1, 0.15) is 17.1 Å². The molecule has 0 radical (unpaired) electrons. The molecule has 0 saturated heterocycles. The van der Waals surface area contributed by atoms with Crippen LogP contribution in [0.4, 0.5) is 18.9 Å². The van der Waals surface area contributed by atoms with E-state index in [9.17, 15) is 18.0 Å². The number of hydrogen-bond acceptors (Lipinski definition) is 4. The van der Waals surface area contributed by atoms with Gasteiger partial charge in [0.15, 0.2) is 0 Å². The molecule has 1 amide bonds. The molecule has 0 unspecified atom stereocenters. The van der Waals surface area contributed by atoms with E-state index in [1.807, 2.05) is 18.2 Å². The van der Waals surface area contributed by atoms with Crippen LogP contribution in [-0.2, 0) is 6.18 Å². The van der Waals surface area contributed by atoms with E-state index in [1.165, 1.54) is 12.1 Å². The highest BCUT2D eigenvalue weighted by Crippen LogP contribution is 2.34. The van der Waals surface area contributed by atoms with E-state index in [2.05, 4.69) is 20.3 Å². The predicted molar refractivity (Wildman–Crippen MR) is 125 cm³/mol. The Hall–Kier alpha value is -4.66. The third-order valence-electron chi connectivity index (χ3n) is 5.22. The lowest BCUT2D eigenvalue weighted by molar-refractivity contribution is -0.137. The highest BCUT2D eigenvalue weighted by molar-refractivity contribution is 6.04. The van der Waals surface area contributed by atoms with Gasteiger partial charge in [-0.05, 0) is 48.5 Å². The second-order valence-electron chi connectivity index (χ2n) is 7.65. The van der Waals surface area contributed by atoms with E-state index in [0.717, 1.165) is 23.1 Å². The Labute approximate surface area is 197 Å². The molecule has 5 rings (SSSR count). The molecule has 9 heteroatoms. The fourth-order valence-electron chi connectivity index (χ4n) is 3.56. The lowest BCUT2D eigenvalue weighted by Crippen LogP contribution is -2.13. The van der Waals surface area contributed by atoms with Gasteiger partial charge >= 0.3 is 6.18 Å². The first-order chi connectivity index (χ1) is 16.9. The first kappa shape index (κ1) is 22.1. The number of aromatic nitrogens is 3. The van der Waals surface area contributed by atoms with Crippen molar-refractivity contribution in [2.75, 3.05) is 5.32 Å². The fraction of sp³-hybridized carbons (Fsp3) is 0.0385. The third kappa shape index (κ3) is 4.84. The van der Waals surface area contributed by atoms with Crippen molar-refractivity contribution < 1.29 is 22.7 Å². The number of H-pyrrole nitrogens is 1. The van der Waals surface area contributed by atoms with Crippen LogP contribution in [0.5, 0.6) is 11.5 Å². The number of carbonyl (C=O) groups excluding carboxylic acids is 1. The van der Waals surface area contributed by atoms with E-state index < -0.39 is 17.6 Å². The van der Waals surface area contributed by atoms with Crippen LogP contribution in [0.3, 0.4) is 0 Å². The number of alkyl halides is 3. The second kappa shape index (κ2) is 8.94. The summed E-state index contributed by atoms with van der Waals surface area (Å²) in [5.41, 5.74) is 1.50. The van der Waals surface area contributed by atoms with Gasteiger partial charge in [0.2, 0.25) is 0 Å². The lowest BCUT2D eigenvalue weighted by Gasteiger charge is -2.12. The molecule has 0 bridgehead atoms. The smallest absolute Gasteiger partial charge is 0.416 e. The number of aromatic amines is 1. The number of amides is 1. The molecule has 0 aliphatic carbocycles. The fourth-order valence-corrected chi connectivity index (χ4v) is 3.56. The highest BCUT2D eigenvalue weighted by Gasteiger charge is 2.30. The number of hydrogen-bond donors (Lipinski definition) is 2. The van der Waals surface area contributed by atoms with Gasteiger partial charge in [-0.1, -0.05) is 12.1 Å². The standard InChI is InChI=1S/C26H17F3N4O2/c27-26(28,29)18-6-1-4-16(12-18)25(34)32-19-7-2-8-20(13-19)35-23-14-22(17-5-3-10-30-15-17)33-24-21(23)9-11-31-24/h1-15H,(H,31,33)(H,32,34). The van der Waals surface area contributed by atoms with Crippen molar-refractivity contribution in [2.45, 2.75) is 6.18 Å². The lowest BCUT2D eigenvalue weighted by atomic mass is 10.1. The summed E-state index contributed by atoms with van der Waals surface area (Å²) in [6, 6.07) is 18.2. The number of rotatable bonds is 5. The van der Waals surface area contributed by atoms with Crippen molar-refractivity contribution in [3.63, 3.8) is 0 Å². The SMILES string of the molecule is O=C(Nc1cccc(Oc2cc(-c3cccnc3)nc3[nH]ccc23)c1)c1cccc(C(F)(F)F)c1. The normalized spacial score (nSPS) is 11.4. The molecular weight excluding hydrogens is 457 g/mol. The number of nitrogens with one attached hydrogen (secondary N) is 2. The zero-order valence-electron chi connectivity index (χ0n) is 18.0. The Morgan fingerprint density at radius 2 is 1.83 bits per heavy atom. The highest BCUT2D eigenvalue weighted by atomic mass is 19.4. The van der Waals surface area contributed by atoms with Crippen LogP contribution in [0.2, 0.25) is 0 Å². The van der Waals surface area contributed by atoms with Crippen molar-refractivity contribution >= 4 is 22.6 Å². The number of halogens is 3. The minimum atomic E-state index is -4.53. The molecule has 3 aromatic heterocycles. The Bertz CT molecular complexity index is 1510. The van der Waals surface area contributed by atoms with Crippen molar-refractivity contribution in [3.05, 3.63) is 103 Å². The van der Waals surface area contributed by atoms with Crippen LogP contribution in [-0.4, -0.2) is 20.9 Å². The van der Waals surface area contributed by atoms with Crippen LogP contribution in [0, 0.1) is 0 Å². The van der Waals surface area contributed by atoms with Crippen LogP contribution in [0.15, 0.2) is 91.4 Å². The van der Waals surface area contributed by atoms with Gasteiger partial charge in [0, 0.05) is 47.5 Å². The molecule has 2 N–H and O–H groups in total. The quantitative estimate of drug-likeness (QED) is 0.298. The monoisotopic (exact) mass is 474 g/mol. The summed E-state index contributed by atoms with van der Waals surface area (Å²) in [6.45, 7) is 0. The van der Waals surface area contributed by atoms with Crippen LogP contribution in [0.25, 0.3) is 22.3 Å². The van der Waals surface area contributed by atoms with Crippen molar-refractivity contribution in [2.24, 2.45) is 0 Å². The van der Waals surface area contributed by atoms with Crippen molar-refractivity contribution in [1.82, 2.24) is 15.0 Å². The van der Waals surface area contributed by atoms with E-state index in [1.54, 1.807) is 48.9 Å². The van der Waals surface area contributed by atoms with E-state index in [-0.39, 0.29) is 5.56 Å². The minimum Gasteiger partial charge on any atom is -0.456 e. The number of ether oxygens (including phenoxy) is 1. The van der Waals surface area contributed by atoms with Crippen molar-refractivity contribution in [1.29, 1.82) is 0 Å². The molecule has 35 heavy (non-hydrogen) atoms. The van der Waals surface area contributed by atoms with Gasteiger partial charge in [-0.2, -0.15) is 13.2 Å². The van der Waals surface area contributed by atoms with Gasteiger partial charge in [0.05, 0.1) is 16.6 Å². The number of anilines is 1. The summed E-state index contributed by atoms with van der Waals surface area (Å²) in [5.74, 6) is 0.304. The van der Waals surface area contributed by atoms with Gasteiger partial charge < -0.3 is 15.0 Å². The van der Waals surface area contributed by atoms with Gasteiger partial charge in [0.25, 0.3) is 5.91 Å². The van der Waals surface area contributed by atoms with E-state index in [0.29, 0.717) is 28.5 Å². The van der Waals surface area contributed by atoms with Gasteiger partial charge in [-0.25, -0.2) is 4.98 Å². The Kier molecular flexibility index (Phi) is 5.66. The molecule has 0 spiro atoms. The Morgan fingerprint density at radius 3 is 2.63 bits per heavy atom.